The Morgan fingerprint density at radius 3 is 3.15 bits per heavy atom. The van der Waals surface area contributed by atoms with E-state index in [4.69, 9.17) is 9.47 Å². The maximum absolute atomic E-state index is 5.54. The molecule has 13 heavy (non-hydrogen) atoms. The van der Waals surface area contributed by atoms with Crippen LogP contribution in [-0.2, 0) is 9.47 Å². The van der Waals surface area contributed by atoms with Crippen LogP contribution in [0.3, 0.4) is 0 Å². The Bertz CT molecular complexity index is 126. The Balaban J connectivity index is 2.10. The maximum Gasteiger partial charge on any atom is 0.0876 e. The minimum atomic E-state index is 0.695. The van der Waals surface area contributed by atoms with Gasteiger partial charge in [0.25, 0.3) is 0 Å². The van der Waals surface area contributed by atoms with Crippen LogP contribution in [0.4, 0.5) is 0 Å². The highest BCUT2D eigenvalue weighted by Gasteiger charge is 2.11. The molecule has 0 saturated carbocycles. The normalized spacial score (nSPS) is 24.5. The molecular formula is C11H20O2. The summed E-state index contributed by atoms with van der Waals surface area (Å²) in [4.78, 5) is 0. The lowest BCUT2D eigenvalue weighted by atomic mass is 9.98. The van der Waals surface area contributed by atoms with E-state index in [0.717, 1.165) is 26.2 Å². The molecule has 0 N–H and O–H groups in total. The van der Waals surface area contributed by atoms with E-state index >= 15 is 0 Å². The van der Waals surface area contributed by atoms with Gasteiger partial charge >= 0.3 is 0 Å². The molecule has 0 aromatic heterocycles. The van der Waals surface area contributed by atoms with Gasteiger partial charge in [-0.25, -0.2) is 0 Å². The van der Waals surface area contributed by atoms with Crippen molar-refractivity contribution < 1.29 is 9.47 Å². The molecule has 0 amide bonds. The molecule has 0 aliphatic carbocycles. The molecule has 1 heterocycles. The van der Waals surface area contributed by atoms with Crippen molar-refractivity contribution >= 4 is 0 Å². The smallest absolute Gasteiger partial charge is 0.0876 e. The average Bonchev–Trinajstić information content (AvgIpc) is 2.08. The summed E-state index contributed by atoms with van der Waals surface area (Å²) in [5.41, 5.74) is 0. The van der Waals surface area contributed by atoms with Crippen LogP contribution >= 0.6 is 0 Å². The molecule has 1 rings (SSSR count). The summed E-state index contributed by atoms with van der Waals surface area (Å²) in [6.45, 7) is 6.17. The first-order valence-corrected chi connectivity index (χ1v) is 5.23. The van der Waals surface area contributed by atoms with E-state index in [-0.39, 0.29) is 0 Å². The third-order valence-electron chi connectivity index (χ3n) is 2.52. The van der Waals surface area contributed by atoms with Gasteiger partial charge in [-0.2, -0.15) is 0 Å². The maximum atomic E-state index is 5.54. The van der Waals surface area contributed by atoms with Gasteiger partial charge in [0, 0.05) is 13.2 Å². The van der Waals surface area contributed by atoms with Crippen molar-refractivity contribution in [2.45, 2.75) is 32.1 Å². The van der Waals surface area contributed by atoms with Crippen LogP contribution in [0.5, 0.6) is 0 Å². The summed E-state index contributed by atoms with van der Waals surface area (Å²) in [5.74, 6) is 0.695. The quantitative estimate of drug-likeness (QED) is 0.494. The van der Waals surface area contributed by atoms with Gasteiger partial charge in [-0.1, -0.05) is 19.4 Å². The first kappa shape index (κ1) is 10.6. The standard InChI is InChI=1S/C11H20O2/c1-2-12-9-7-11-6-4-3-5-8-13-10-11/h2,11H,1,3-10H2. The van der Waals surface area contributed by atoms with Gasteiger partial charge in [-0.3, -0.25) is 0 Å². The average molecular weight is 184 g/mol. The summed E-state index contributed by atoms with van der Waals surface area (Å²) in [6.07, 6.45) is 7.81. The van der Waals surface area contributed by atoms with Crippen molar-refractivity contribution in [3.8, 4) is 0 Å². The van der Waals surface area contributed by atoms with E-state index in [1.54, 1.807) is 0 Å². The van der Waals surface area contributed by atoms with E-state index in [2.05, 4.69) is 6.58 Å². The molecule has 0 aromatic carbocycles. The lowest BCUT2D eigenvalue weighted by Gasteiger charge is -2.19. The largest absolute Gasteiger partial charge is 0.502 e. The zero-order valence-corrected chi connectivity index (χ0v) is 8.34. The zero-order chi connectivity index (χ0) is 9.36. The fraction of sp³-hybridized carbons (Fsp3) is 0.818. The molecule has 0 radical (unpaired) electrons. The highest BCUT2D eigenvalue weighted by molar-refractivity contribution is 4.62. The highest BCUT2D eigenvalue weighted by Crippen LogP contribution is 2.17. The number of rotatable bonds is 4. The Morgan fingerprint density at radius 2 is 2.31 bits per heavy atom. The SMILES string of the molecule is C=COCCC1CCCCCOC1. The minimum absolute atomic E-state index is 0.695. The molecule has 1 saturated heterocycles. The number of ether oxygens (including phenoxy) is 2. The monoisotopic (exact) mass is 184 g/mol. The van der Waals surface area contributed by atoms with Crippen LogP contribution < -0.4 is 0 Å². The second-order valence-electron chi connectivity index (χ2n) is 3.62. The molecule has 2 nitrogen and oxygen atoms in total. The van der Waals surface area contributed by atoms with Gasteiger partial charge in [0.15, 0.2) is 0 Å². The molecule has 0 aromatic rings. The lowest BCUT2D eigenvalue weighted by Crippen LogP contribution is -2.15. The lowest BCUT2D eigenvalue weighted by molar-refractivity contribution is 0.0688. The molecule has 1 unspecified atom stereocenters. The summed E-state index contributed by atoms with van der Waals surface area (Å²) >= 11 is 0. The Labute approximate surface area is 80.9 Å². The van der Waals surface area contributed by atoms with Gasteiger partial charge in [0.2, 0.25) is 0 Å². The summed E-state index contributed by atoms with van der Waals surface area (Å²) in [6, 6.07) is 0. The predicted octanol–water partition coefficient (Wildman–Crippen LogP) is 2.74. The highest BCUT2D eigenvalue weighted by atomic mass is 16.5. The van der Waals surface area contributed by atoms with Crippen LogP contribution in [0.2, 0.25) is 0 Å². The minimum Gasteiger partial charge on any atom is -0.502 e. The first-order chi connectivity index (χ1) is 6.43. The second-order valence-corrected chi connectivity index (χ2v) is 3.62. The third-order valence-corrected chi connectivity index (χ3v) is 2.52. The predicted molar refractivity (Wildman–Crippen MR) is 53.5 cm³/mol. The number of hydrogen-bond donors (Lipinski definition) is 0. The van der Waals surface area contributed by atoms with E-state index in [1.807, 2.05) is 0 Å². The molecule has 0 bridgehead atoms. The van der Waals surface area contributed by atoms with Crippen molar-refractivity contribution in [3.63, 3.8) is 0 Å². The molecule has 1 atom stereocenters. The Kier molecular flexibility index (Phi) is 5.66. The summed E-state index contributed by atoms with van der Waals surface area (Å²) in [5, 5.41) is 0. The Hall–Kier alpha value is -0.500. The molecule has 1 aliphatic heterocycles. The van der Waals surface area contributed by atoms with Crippen LogP contribution in [0.25, 0.3) is 0 Å². The van der Waals surface area contributed by atoms with Crippen LogP contribution in [0.1, 0.15) is 32.1 Å². The van der Waals surface area contributed by atoms with Crippen molar-refractivity contribution in [3.05, 3.63) is 12.8 Å². The Morgan fingerprint density at radius 1 is 1.38 bits per heavy atom. The van der Waals surface area contributed by atoms with Crippen LogP contribution in [0, 0.1) is 5.92 Å². The topological polar surface area (TPSA) is 18.5 Å². The molecule has 0 spiro atoms. The molecule has 1 fully saturated rings. The van der Waals surface area contributed by atoms with Crippen molar-refractivity contribution in [1.82, 2.24) is 0 Å². The van der Waals surface area contributed by atoms with E-state index in [0.29, 0.717) is 5.92 Å². The molecule has 76 valence electrons. The van der Waals surface area contributed by atoms with Crippen molar-refractivity contribution in [1.29, 1.82) is 0 Å². The zero-order valence-electron chi connectivity index (χ0n) is 8.34. The fourth-order valence-corrected chi connectivity index (χ4v) is 1.69. The number of hydrogen-bond acceptors (Lipinski definition) is 2. The van der Waals surface area contributed by atoms with Gasteiger partial charge in [-0.15, -0.1) is 0 Å². The molecule has 1 aliphatic rings. The summed E-state index contributed by atoms with van der Waals surface area (Å²) < 4.78 is 10.7. The van der Waals surface area contributed by atoms with Gasteiger partial charge < -0.3 is 9.47 Å². The van der Waals surface area contributed by atoms with E-state index in [1.165, 1.54) is 31.9 Å². The van der Waals surface area contributed by atoms with Crippen molar-refractivity contribution in [2.24, 2.45) is 5.92 Å². The molecular weight excluding hydrogens is 164 g/mol. The van der Waals surface area contributed by atoms with Crippen LogP contribution in [0.15, 0.2) is 12.8 Å². The van der Waals surface area contributed by atoms with E-state index < -0.39 is 0 Å². The fourth-order valence-electron chi connectivity index (χ4n) is 1.69. The van der Waals surface area contributed by atoms with Crippen LogP contribution in [-0.4, -0.2) is 19.8 Å². The third kappa shape index (κ3) is 4.94. The first-order valence-electron chi connectivity index (χ1n) is 5.23. The van der Waals surface area contributed by atoms with Crippen molar-refractivity contribution in [2.75, 3.05) is 19.8 Å². The van der Waals surface area contributed by atoms with Gasteiger partial charge in [0.1, 0.15) is 0 Å². The second kappa shape index (κ2) is 6.96. The van der Waals surface area contributed by atoms with Gasteiger partial charge in [-0.05, 0) is 25.2 Å². The van der Waals surface area contributed by atoms with Gasteiger partial charge in [0.05, 0.1) is 12.9 Å². The summed E-state index contributed by atoms with van der Waals surface area (Å²) in [7, 11) is 0. The van der Waals surface area contributed by atoms with E-state index in [9.17, 15) is 0 Å². The molecule has 2 heteroatoms.